The SMILES string of the molecule is CC(C)c1nccc(C(=O)N2CCC[C@](C)(Cc3ccc4c(c3)OCO4)C2)n1. The first-order chi connectivity index (χ1) is 13.4. The number of aromatic nitrogens is 2. The number of fused-ring (bicyclic) bond motifs is 1. The van der Waals surface area contributed by atoms with Gasteiger partial charge in [0, 0.05) is 25.2 Å². The molecule has 2 aliphatic rings. The van der Waals surface area contributed by atoms with Gasteiger partial charge in [0.1, 0.15) is 11.5 Å². The van der Waals surface area contributed by atoms with E-state index in [0.29, 0.717) is 11.5 Å². The molecule has 4 rings (SSSR count). The Morgan fingerprint density at radius 3 is 2.89 bits per heavy atom. The fourth-order valence-corrected chi connectivity index (χ4v) is 4.11. The number of amides is 1. The maximum atomic E-state index is 13.1. The summed E-state index contributed by atoms with van der Waals surface area (Å²) in [6.45, 7) is 8.11. The molecule has 1 aromatic heterocycles. The van der Waals surface area contributed by atoms with Crippen molar-refractivity contribution in [2.75, 3.05) is 19.9 Å². The van der Waals surface area contributed by atoms with Crippen molar-refractivity contribution in [3.8, 4) is 11.5 Å². The topological polar surface area (TPSA) is 64.6 Å². The minimum atomic E-state index is 0.000844. The zero-order chi connectivity index (χ0) is 19.7. The van der Waals surface area contributed by atoms with E-state index in [1.165, 1.54) is 5.56 Å². The van der Waals surface area contributed by atoms with Gasteiger partial charge in [0.15, 0.2) is 11.5 Å². The summed E-state index contributed by atoms with van der Waals surface area (Å²) in [5.41, 5.74) is 1.73. The van der Waals surface area contributed by atoms with Crippen LogP contribution < -0.4 is 9.47 Å². The fraction of sp³-hybridized carbons (Fsp3) is 0.500. The quantitative estimate of drug-likeness (QED) is 0.806. The van der Waals surface area contributed by atoms with Crippen LogP contribution in [-0.2, 0) is 6.42 Å². The minimum Gasteiger partial charge on any atom is -0.454 e. The van der Waals surface area contributed by atoms with Gasteiger partial charge in [-0.05, 0) is 48.4 Å². The highest BCUT2D eigenvalue weighted by atomic mass is 16.7. The van der Waals surface area contributed by atoms with Crippen molar-refractivity contribution in [1.82, 2.24) is 14.9 Å². The zero-order valence-corrected chi connectivity index (χ0v) is 16.8. The third kappa shape index (κ3) is 3.81. The van der Waals surface area contributed by atoms with E-state index in [0.717, 1.165) is 43.9 Å². The van der Waals surface area contributed by atoms with Crippen molar-refractivity contribution >= 4 is 5.91 Å². The molecule has 0 N–H and O–H groups in total. The van der Waals surface area contributed by atoms with E-state index in [1.54, 1.807) is 12.3 Å². The molecule has 1 atom stereocenters. The van der Waals surface area contributed by atoms with Crippen LogP contribution in [0.2, 0.25) is 0 Å². The molecular formula is C22H27N3O3. The van der Waals surface area contributed by atoms with Crippen molar-refractivity contribution in [2.45, 2.75) is 46.0 Å². The maximum Gasteiger partial charge on any atom is 0.272 e. The van der Waals surface area contributed by atoms with Gasteiger partial charge in [-0.25, -0.2) is 9.97 Å². The van der Waals surface area contributed by atoms with Crippen LogP contribution >= 0.6 is 0 Å². The van der Waals surface area contributed by atoms with Crippen molar-refractivity contribution in [3.63, 3.8) is 0 Å². The molecule has 2 aliphatic heterocycles. The molecule has 1 amide bonds. The summed E-state index contributed by atoms with van der Waals surface area (Å²) >= 11 is 0. The van der Waals surface area contributed by atoms with Crippen molar-refractivity contribution in [3.05, 3.63) is 47.5 Å². The van der Waals surface area contributed by atoms with Gasteiger partial charge in [-0.1, -0.05) is 26.8 Å². The Labute approximate surface area is 165 Å². The Balaban J connectivity index is 1.49. The molecular weight excluding hydrogens is 354 g/mol. The first kappa shape index (κ1) is 18.7. The maximum absolute atomic E-state index is 13.1. The summed E-state index contributed by atoms with van der Waals surface area (Å²) in [6, 6.07) is 7.85. The Bertz CT molecular complexity index is 883. The summed E-state index contributed by atoms with van der Waals surface area (Å²) in [4.78, 5) is 23.8. The number of piperidine rings is 1. The number of rotatable bonds is 4. The highest BCUT2D eigenvalue weighted by Crippen LogP contribution is 2.37. The largest absolute Gasteiger partial charge is 0.454 e. The molecule has 1 fully saturated rings. The van der Waals surface area contributed by atoms with Crippen LogP contribution in [0.15, 0.2) is 30.5 Å². The number of carbonyl (C=O) groups excluding carboxylic acids is 1. The lowest BCUT2D eigenvalue weighted by molar-refractivity contribution is 0.0544. The highest BCUT2D eigenvalue weighted by molar-refractivity contribution is 5.92. The van der Waals surface area contributed by atoms with Gasteiger partial charge in [0.25, 0.3) is 5.91 Å². The smallest absolute Gasteiger partial charge is 0.272 e. The molecule has 0 bridgehead atoms. The predicted molar refractivity (Wildman–Crippen MR) is 106 cm³/mol. The fourth-order valence-electron chi connectivity index (χ4n) is 4.11. The first-order valence-electron chi connectivity index (χ1n) is 9.94. The van der Waals surface area contributed by atoms with E-state index in [-0.39, 0.29) is 24.0 Å². The number of hydrogen-bond donors (Lipinski definition) is 0. The number of ether oxygens (including phenoxy) is 2. The molecule has 1 saturated heterocycles. The number of carbonyl (C=O) groups is 1. The van der Waals surface area contributed by atoms with Crippen molar-refractivity contribution < 1.29 is 14.3 Å². The molecule has 6 nitrogen and oxygen atoms in total. The number of hydrogen-bond acceptors (Lipinski definition) is 5. The van der Waals surface area contributed by atoms with E-state index in [4.69, 9.17) is 9.47 Å². The summed E-state index contributed by atoms with van der Waals surface area (Å²) in [5, 5.41) is 0. The second-order valence-corrected chi connectivity index (χ2v) is 8.46. The van der Waals surface area contributed by atoms with Crippen LogP contribution in [0, 0.1) is 5.41 Å². The molecule has 0 unspecified atom stereocenters. The molecule has 3 heterocycles. The average molecular weight is 381 g/mol. The number of benzene rings is 1. The molecule has 28 heavy (non-hydrogen) atoms. The molecule has 0 radical (unpaired) electrons. The lowest BCUT2D eigenvalue weighted by Crippen LogP contribution is -2.46. The van der Waals surface area contributed by atoms with Gasteiger partial charge in [0.2, 0.25) is 6.79 Å². The minimum absolute atomic E-state index is 0.000844. The van der Waals surface area contributed by atoms with E-state index >= 15 is 0 Å². The normalized spacial score (nSPS) is 21.2. The van der Waals surface area contributed by atoms with Gasteiger partial charge in [-0.15, -0.1) is 0 Å². The molecule has 0 spiro atoms. The molecule has 2 aromatic rings. The molecule has 148 valence electrons. The second-order valence-electron chi connectivity index (χ2n) is 8.46. The second kappa shape index (κ2) is 7.41. The lowest BCUT2D eigenvalue weighted by atomic mass is 9.77. The first-order valence-corrected chi connectivity index (χ1v) is 9.94. The van der Waals surface area contributed by atoms with Gasteiger partial charge in [-0.2, -0.15) is 0 Å². The van der Waals surface area contributed by atoms with Crippen molar-refractivity contribution in [2.24, 2.45) is 5.41 Å². The van der Waals surface area contributed by atoms with Crippen LogP contribution in [0.1, 0.15) is 61.4 Å². The molecule has 0 saturated carbocycles. The summed E-state index contributed by atoms with van der Waals surface area (Å²) in [7, 11) is 0. The third-order valence-corrected chi connectivity index (χ3v) is 5.55. The van der Waals surface area contributed by atoms with Gasteiger partial charge >= 0.3 is 0 Å². The van der Waals surface area contributed by atoms with Crippen LogP contribution in [0.3, 0.4) is 0 Å². The summed E-state index contributed by atoms with van der Waals surface area (Å²) in [6.07, 6.45) is 4.67. The Hall–Kier alpha value is -2.63. The van der Waals surface area contributed by atoms with E-state index in [2.05, 4.69) is 29.0 Å². The molecule has 0 aliphatic carbocycles. The van der Waals surface area contributed by atoms with Crippen LogP contribution in [0.25, 0.3) is 0 Å². The van der Waals surface area contributed by atoms with Crippen molar-refractivity contribution in [1.29, 1.82) is 0 Å². The third-order valence-electron chi connectivity index (χ3n) is 5.55. The average Bonchev–Trinajstić information content (AvgIpc) is 3.15. The van der Waals surface area contributed by atoms with E-state index in [9.17, 15) is 4.79 Å². The Morgan fingerprint density at radius 2 is 2.07 bits per heavy atom. The Morgan fingerprint density at radius 1 is 1.25 bits per heavy atom. The zero-order valence-electron chi connectivity index (χ0n) is 16.8. The Kier molecular flexibility index (Phi) is 4.96. The number of likely N-dealkylation sites (tertiary alicyclic amines) is 1. The molecule has 6 heteroatoms. The predicted octanol–water partition coefficient (Wildman–Crippen LogP) is 3.81. The van der Waals surface area contributed by atoms with E-state index < -0.39 is 0 Å². The van der Waals surface area contributed by atoms with Gasteiger partial charge in [-0.3, -0.25) is 4.79 Å². The van der Waals surface area contributed by atoms with Gasteiger partial charge in [0.05, 0.1) is 0 Å². The van der Waals surface area contributed by atoms with Crippen LogP contribution in [-0.4, -0.2) is 40.7 Å². The summed E-state index contributed by atoms with van der Waals surface area (Å²) in [5.74, 6) is 2.53. The van der Waals surface area contributed by atoms with Gasteiger partial charge < -0.3 is 14.4 Å². The highest BCUT2D eigenvalue weighted by Gasteiger charge is 2.34. The lowest BCUT2D eigenvalue weighted by Gasteiger charge is -2.40. The standard InChI is InChI=1S/C22H27N3O3/c1-15(2)20-23-9-7-17(24-20)21(26)25-10-4-8-22(3,13-25)12-16-5-6-18-19(11-16)28-14-27-18/h5-7,9,11,15H,4,8,10,12-14H2,1-3H3/t22-/m1/s1. The molecule has 1 aromatic carbocycles. The summed E-state index contributed by atoms with van der Waals surface area (Å²) < 4.78 is 10.9. The number of nitrogens with zero attached hydrogens (tertiary/aromatic N) is 3. The van der Waals surface area contributed by atoms with Crippen LogP contribution in [0.4, 0.5) is 0 Å². The van der Waals surface area contributed by atoms with E-state index in [1.807, 2.05) is 24.8 Å². The monoisotopic (exact) mass is 381 g/mol. The van der Waals surface area contributed by atoms with Crippen LogP contribution in [0.5, 0.6) is 11.5 Å².